The average Bonchev–Trinajstić information content (AvgIpc) is 2.69. The number of nitrogens with one attached hydrogen (secondary N) is 1. The highest BCUT2D eigenvalue weighted by Gasteiger charge is 2.21. The Hall–Kier alpha value is 0.0800. The fourth-order valence-electron chi connectivity index (χ4n) is 1.92. The number of rotatable bonds is 4. The van der Waals surface area contributed by atoms with Crippen molar-refractivity contribution in [3.8, 4) is 0 Å². The monoisotopic (exact) mass is 380 g/mol. The van der Waals surface area contributed by atoms with Crippen LogP contribution in [0.5, 0.6) is 0 Å². The molecule has 5 nitrogen and oxygen atoms in total. The first-order valence-corrected chi connectivity index (χ1v) is 7.53. The summed E-state index contributed by atoms with van der Waals surface area (Å²) in [6.45, 7) is 4.62. The van der Waals surface area contributed by atoms with Gasteiger partial charge in [-0.2, -0.15) is 0 Å². The molecule has 102 valence electrons. The van der Waals surface area contributed by atoms with Crippen molar-refractivity contribution in [2.75, 3.05) is 39.8 Å². The van der Waals surface area contributed by atoms with E-state index in [1.807, 2.05) is 6.07 Å². The second kappa shape index (κ2) is 6.49. The van der Waals surface area contributed by atoms with Crippen molar-refractivity contribution in [1.29, 1.82) is 0 Å². The molecule has 0 radical (unpaired) electrons. The highest BCUT2D eigenvalue weighted by atomic mass is 79.9. The van der Waals surface area contributed by atoms with E-state index in [2.05, 4.69) is 54.2 Å². The molecular weight excluding hydrogens is 364 g/mol. The highest BCUT2D eigenvalue weighted by molar-refractivity contribution is 9.13. The molecule has 1 aliphatic rings. The van der Waals surface area contributed by atoms with Crippen LogP contribution >= 0.6 is 31.9 Å². The van der Waals surface area contributed by atoms with Crippen LogP contribution in [-0.2, 0) is 0 Å². The van der Waals surface area contributed by atoms with Crippen molar-refractivity contribution in [1.82, 2.24) is 15.3 Å². The van der Waals surface area contributed by atoms with Gasteiger partial charge in [0.2, 0.25) is 0 Å². The van der Waals surface area contributed by atoms with Gasteiger partial charge in [-0.05, 0) is 45.0 Å². The van der Waals surface area contributed by atoms with Crippen LogP contribution in [0.4, 0.5) is 0 Å². The van der Waals surface area contributed by atoms with Gasteiger partial charge in [-0.25, -0.2) is 10.4 Å². The van der Waals surface area contributed by atoms with E-state index in [-0.39, 0.29) is 6.04 Å². The lowest BCUT2D eigenvalue weighted by molar-refractivity contribution is 0.0834. The molecular formula is C11H18Br2N4O. The van der Waals surface area contributed by atoms with E-state index in [4.69, 9.17) is 10.2 Å². The molecule has 1 aromatic rings. The minimum Gasteiger partial charge on any atom is -0.451 e. The van der Waals surface area contributed by atoms with Crippen LogP contribution in [0.1, 0.15) is 11.8 Å². The first-order chi connectivity index (χ1) is 8.60. The van der Waals surface area contributed by atoms with Crippen molar-refractivity contribution in [2.45, 2.75) is 6.04 Å². The number of likely N-dealkylation sites (N-methyl/N-ethyl adjacent to an activating group) is 1. The summed E-state index contributed by atoms with van der Waals surface area (Å²) in [6, 6.07) is 1.96. The van der Waals surface area contributed by atoms with Crippen LogP contribution in [0.25, 0.3) is 0 Å². The number of halogens is 2. The van der Waals surface area contributed by atoms with E-state index in [1.54, 1.807) is 0 Å². The average molecular weight is 382 g/mol. The topological polar surface area (TPSA) is 57.7 Å². The molecule has 1 saturated heterocycles. The molecule has 0 amide bonds. The largest absolute Gasteiger partial charge is 0.451 e. The van der Waals surface area contributed by atoms with Gasteiger partial charge in [0.1, 0.15) is 5.76 Å². The van der Waals surface area contributed by atoms with Gasteiger partial charge < -0.3 is 15.1 Å². The molecule has 2 rings (SSSR count). The first-order valence-electron chi connectivity index (χ1n) is 5.94. The van der Waals surface area contributed by atoms with Crippen LogP contribution < -0.4 is 11.2 Å². The molecule has 3 N–H and O–H groups in total. The predicted molar refractivity (Wildman–Crippen MR) is 78.1 cm³/mol. The summed E-state index contributed by atoms with van der Waals surface area (Å²) in [5, 5.41) is 2.21. The second-order valence-electron chi connectivity index (χ2n) is 4.48. The fourth-order valence-corrected chi connectivity index (χ4v) is 2.53. The SMILES string of the molecule is CN1CCN(NC(CN)c2cc(Br)c(Br)o2)CC1. The molecule has 0 bridgehead atoms. The third-order valence-electron chi connectivity index (χ3n) is 3.09. The summed E-state index contributed by atoms with van der Waals surface area (Å²) in [5.41, 5.74) is 9.25. The van der Waals surface area contributed by atoms with Gasteiger partial charge in [-0.1, -0.05) is 0 Å². The van der Waals surface area contributed by atoms with Gasteiger partial charge in [0.15, 0.2) is 4.67 Å². The maximum absolute atomic E-state index is 5.82. The standard InChI is InChI=1S/C11H18Br2N4O/c1-16-2-4-17(5-3-16)15-9(7-14)10-6-8(12)11(13)18-10/h6,9,15H,2-5,7,14H2,1H3. The zero-order valence-corrected chi connectivity index (χ0v) is 13.5. The van der Waals surface area contributed by atoms with Crippen LogP contribution in [-0.4, -0.2) is 49.7 Å². The summed E-state index contributed by atoms with van der Waals surface area (Å²) in [4.78, 5) is 2.32. The number of hydrogen-bond acceptors (Lipinski definition) is 5. The van der Waals surface area contributed by atoms with Gasteiger partial charge in [0.25, 0.3) is 0 Å². The van der Waals surface area contributed by atoms with Crippen LogP contribution in [0.15, 0.2) is 19.6 Å². The minimum absolute atomic E-state index is 0.0102. The number of hydrogen-bond donors (Lipinski definition) is 2. The lowest BCUT2D eigenvalue weighted by Gasteiger charge is -2.34. The second-order valence-corrected chi connectivity index (χ2v) is 6.05. The molecule has 0 saturated carbocycles. The Bertz CT molecular complexity index is 371. The lowest BCUT2D eigenvalue weighted by atomic mass is 10.2. The van der Waals surface area contributed by atoms with E-state index in [0.717, 1.165) is 36.4 Å². The van der Waals surface area contributed by atoms with Crippen molar-refractivity contribution in [3.63, 3.8) is 0 Å². The van der Waals surface area contributed by atoms with Gasteiger partial charge in [0, 0.05) is 32.7 Å². The smallest absolute Gasteiger partial charge is 0.183 e. The number of nitrogens with zero attached hydrogens (tertiary/aromatic N) is 2. The van der Waals surface area contributed by atoms with Gasteiger partial charge >= 0.3 is 0 Å². The molecule has 7 heteroatoms. The molecule has 1 unspecified atom stereocenters. The maximum atomic E-state index is 5.82. The number of nitrogens with two attached hydrogens (primary N) is 1. The maximum Gasteiger partial charge on any atom is 0.183 e. The van der Waals surface area contributed by atoms with E-state index in [0.29, 0.717) is 11.2 Å². The third kappa shape index (κ3) is 3.55. The van der Waals surface area contributed by atoms with Crippen molar-refractivity contribution in [3.05, 3.63) is 21.0 Å². The third-order valence-corrected chi connectivity index (χ3v) is 4.80. The summed E-state index contributed by atoms with van der Waals surface area (Å²) in [5.74, 6) is 0.843. The van der Waals surface area contributed by atoms with E-state index < -0.39 is 0 Å². The minimum atomic E-state index is 0.0102. The predicted octanol–water partition coefficient (Wildman–Crippen LogP) is 1.56. The van der Waals surface area contributed by atoms with E-state index in [9.17, 15) is 0 Å². The summed E-state index contributed by atoms with van der Waals surface area (Å²) in [7, 11) is 2.14. The van der Waals surface area contributed by atoms with Crippen LogP contribution in [0.3, 0.4) is 0 Å². The van der Waals surface area contributed by atoms with Crippen LogP contribution in [0.2, 0.25) is 0 Å². The van der Waals surface area contributed by atoms with Gasteiger partial charge in [-0.3, -0.25) is 0 Å². The summed E-state index contributed by atoms with van der Waals surface area (Å²) < 4.78 is 7.24. The molecule has 0 spiro atoms. The number of piperazine rings is 1. The molecule has 18 heavy (non-hydrogen) atoms. The zero-order valence-electron chi connectivity index (χ0n) is 10.3. The summed E-state index contributed by atoms with van der Waals surface area (Å²) >= 11 is 6.76. The van der Waals surface area contributed by atoms with Gasteiger partial charge in [0.05, 0.1) is 10.5 Å². The molecule has 1 aliphatic heterocycles. The zero-order chi connectivity index (χ0) is 13.1. The fraction of sp³-hybridized carbons (Fsp3) is 0.636. The Balaban J connectivity index is 1.97. The Kier molecular flexibility index (Phi) is 5.23. The molecule has 0 aliphatic carbocycles. The van der Waals surface area contributed by atoms with Crippen molar-refractivity contribution >= 4 is 31.9 Å². The first kappa shape index (κ1) is 14.5. The Labute approximate surface area is 124 Å². The Morgan fingerprint density at radius 3 is 2.56 bits per heavy atom. The Morgan fingerprint density at radius 2 is 2.06 bits per heavy atom. The van der Waals surface area contributed by atoms with Crippen LogP contribution in [0, 0.1) is 0 Å². The molecule has 0 aromatic carbocycles. The summed E-state index contributed by atoms with van der Waals surface area (Å²) in [6.07, 6.45) is 0. The van der Waals surface area contributed by atoms with Crippen molar-refractivity contribution in [2.24, 2.45) is 5.73 Å². The van der Waals surface area contributed by atoms with Crippen molar-refractivity contribution < 1.29 is 4.42 Å². The molecule has 1 fully saturated rings. The normalized spacial score (nSPS) is 20.2. The quantitative estimate of drug-likeness (QED) is 0.828. The molecule has 1 aromatic heterocycles. The molecule has 2 heterocycles. The Morgan fingerprint density at radius 1 is 1.39 bits per heavy atom. The number of hydrazine groups is 1. The van der Waals surface area contributed by atoms with E-state index in [1.165, 1.54) is 0 Å². The lowest BCUT2D eigenvalue weighted by Crippen LogP contribution is -2.52. The number of furan rings is 1. The van der Waals surface area contributed by atoms with E-state index >= 15 is 0 Å². The van der Waals surface area contributed by atoms with Gasteiger partial charge in [-0.15, -0.1) is 0 Å². The molecule has 1 atom stereocenters. The highest BCUT2D eigenvalue weighted by Crippen LogP contribution is 2.29.